The van der Waals surface area contributed by atoms with Crippen LogP contribution in [0.25, 0.3) is 11.4 Å². The summed E-state index contributed by atoms with van der Waals surface area (Å²) < 4.78 is 26.0. The van der Waals surface area contributed by atoms with Gasteiger partial charge in [0.15, 0.2) is 11.6 Å². The second kappa shape index (κ2) is 7.82. The number of hydrogen-bond acceptors (Lipinski definition) is 7. The molecule has 0 bridgehead atoms. The van der Waals surface area contributed by atoms with Gasteiger partial charge in [0.1, 0.15) is 11.7 Å². The first-order valence-electron chi connectivity index (χ1n) is 10.1. The average Bonchev–Trinajstić information content (AvgIpc) is 3.23. The number of aromatic nitrogens is 3. The van der Waals surface area contributed by atoms with Crippen LogP contribution in [0.1, 0.15) is 39.0 Å². The van der Waals surface area contributed by atoms with E-state index < -0.39 is 10.0 Å². The number of likely N-dealkylation sites (N-methyl/N-ethyl adjacent to an activating group) is 1. The summed E-state index contributed by atoms with van der Waals surface area (Å²) in [6.07, 6.45) is 10.8. The van der Waals surface area contributed by atoms with Gasteiger partial charge in [-0.15, -0.1) is 0 Å². The van der Waals surface area contributed by atoms with Crippen LogP contribution in [0.4, 0.5) is 17.2 Å². The molecule has 0 saturated heterocycles. The van der Waals surface area contributed by atoms with Crippen molar-refractivity contribution >= 4 is 33.1 Å². The van der Waals surface area contributed by atoms with E-state index in [-0.39, 0.29) is 18.0 Å². The molecule has 4 rings (SSSR count). The zero-order valence-corrected chi connectivity index (χ0v) is 18.2. The molecule has 3 heterocycles. The molecule has 1 saturated carbocycles. The molecule has 9 nitrogen and oxygen atoms in total. The summed E-state index contributed by atoms with van der Waals surface area (Å²) in [7, 11) is -1.73. The molecule has 1 atom stereocenters. The number of pyridine rings is 1. The highest BCUT2D eigenvalue weighted by atomic mass is 32.2. The lowest BCUT2D eigenvalue weighted by molar-refractivity contribution is -0.120. The second-order valence-corrected chi connectivity index (χ2v) is 9.61. The number of rotatable bonds is 5. The number of anilines is 3. The Balaban J connectivity index is 1.84. The number of hydrogen-bond donors (Lipinski definition) is 1. The fourth-order valence-electron chi connectivity index (χ4n) is 4.38. The molecule has 1 aliphatic carbocycles. The third kappa shape index (κ3) is 3.71. The summed E-state index contributed by atoms with van der Waals surface area (Å²) in [5.74, 6) is 1.17. The fraction of sp³-hybridized carbons (Fsp3) is 0.500. The highest BCUT2D eigenvalue weighted by Gasteiger charge is 2.41. The lowest BCUT2D eigenvalue weighted by Crippen LogP contribution is -2.55. The normalized spacial score (nSPS) is 19.8. The molecular formula is C20H26N6O3S. The Hall–Kier alpha value is -2.75. The summed E-state index contributed by atoms with van der Waals surface area (Å²) in [6, 6.07) is 1.68. The van der Waals surface area contributed by atoms with E-state index in [9.17, 15) is 13.2 Å². The van der Waals surface area contributed by atoms with Crippen LogP contribution in [-0.4, -0.2) is 54.7 Å². The highest BCUT2D eigenvalue weighted by Crippen LogP contribution is 2.40. The van der Waals surface area contributed by atoms with Crippen molar-refractivity contribution in [2.75, 3.05) is 27.8 Å². The standard InChI is InChI=1S/C20H26N6O3S/c1-4-16-20(27)25(2)17-12-22-18(23-19(17)26(16)13-7-5-6-8-13)14-9-10-21-11-15(14)24-30(3,28)29/h9-13,16,24H,4-8H2,1-3H3/t16-/m1/s1. The monoisotopic (exact) mass is 430 g/mol. The van der Waals surface area contributed by atoms with E-state index in [1.54, 1.807) is 30.4 Å². The molecule has 1 amide bonds. The molecule has 30 heavy (non-hydrogen) atoms. The Bertz CT molecular complexity index is 1070. The molecule has 0 radical (unpaired) electrons. The number of fused-ring (bicyclic) bond motifs is 1. The number of carbonyl (C=O) groups is 1. The second-order valence-electron chi connectivity index (χ2n) is 7.86. The first-order chi connectivity index (χ1) is 14.3. The minimum Gasteiger partial charge on any atom is -0.340 e. The van der Waals surface area contributed by atoms with Crippen molar-refractivity contribution in [2.45, 2.75) is 51.1 Å². The maximum absolute atomic E-state index is 13.0. The molecule has 160 valence electrons. The predicted octanol–water partition coefficient (Wildman–Crippen LogP) is 2.41. The van der Waals surface area contributed by atoms with Crippen LogP contribution in [0.3, 0.4) is 0 Å². The van der Waals surface area contributed by atoms with Crippen LogP contribution in [0.2, 0.25) is 0 Å². The Kier molecular flexibility index (Phi) is 5.35. The van der Waals surface area contributed by atoms with Gasteiger partial charge < -0.3 is 9.80 Å². The SMILES string of the molecule is CC[C@@H]1C(=O)N(C)c2cnc(-c3ccncc3NS(C)(=O)=O)nc2N1C1CCCC1. The van der Waals surface area contributed by atoms with Gasteiger partial charge in [0.05, 0.1) is 24.3 Å². The van der Waals surface area contributed by atoms with Crippen molar-refractivity contribution in [3.63, 3.8) is 0 Å². The van der Waals surface area contributed by atoms with Gasteiger partial charge in [-0.1, -0.05) is 19.8 Å². The molecule has 10 heteroatoms. The number of nitrogens with zero attached hydrogens (tertiary/aromatic N) is 5. The van der Waals surface area contributed by atoms with Crippen molar-refractivity contribution in [3.05, 3.63) is 24.7 Å². The van der Waals surface area contributed by atoms with Gasteiger partial charge in [0.25, 0.3) is 0 Å². The largest absolute Gasteiger partial charge is 0.340 e. The smallest absolute Gasteiger partial charge is 0.249 e. The predicted molar refractivity (Wildman–Crippen MR) is 116 cm³/mol. The average molecular weight is 431 g/mol. The van der Waals surface area contributed by atoms with Crippen LogP contribution in [0.15, 0.2) is 24.7 Å². The Morgan fingerprint density at radius 2 is 1.97 bits per heavy atom. The van der Waals surface area contributed by atoms with Crippen molar-refractivity contribution in [3.8, 4) is 11.4 Å². The molecule has 1 aliphatic heterocycles. The van der Waals surface area contributed by atoms with Crippen molar-refractivity contribution in [1.29, 1.82) is 0 Å². The maximum atomic E-state index is 13.0. The van der Waals surface area contributed by atoms with E-state index in [1.807, 2.05) is 6.92 Å². The topological polar surface area (TPSA) is 108 Å². The third-order valence-electron chi connectivity index (χ3n) is 5.77. The zero-order chi connectivity index (χ0) is 21.5. The summed E-state index contributed by atoms with van der Waals surface area (Å²) in [5.41, 5.74) is 1.53. The molecule has 2 aromatic heterocycles. The van der Waals surface area contributed by atoms with E-state index in [4.69, 9.17) is 4.98 Å². The maximum Gasteiger partial charge on any atom is 0.249 e. The first-order valence-corrected chi connectivity index (χ1v) is 12.0. The highest BCUT2D eigenvalue weighted by molar-refractivity contribution is 7.92. The van der Waals surface area contributed by atoms with Crippen LogP contribution >= 0.6 is 0 Å². The van der Waals surface area contributed by atoms with Gasteiger partial charge in [-0.2, -0.15) is 0 Å². The van der Waals surface area contributed by atoms with Crippen LogP contribution in [-0.2, 0) is 14.8 Å². The van der Waals surface area contributed by atoms with E-state index in [2.05, 4.69) is 19.6 Å². The van der Waals surface area contributed by atoms with Crippen LogP contribution < -0.4 is 14.5 Å². The summed E-state index contributed by atoms with van der Waals surface area (Å²) in [4.78, 5) is 30.1. The van der Waals surface area contributed by atoms with Gasteiger partial charge in [-0.05, 0) is 25.3 Å². The molecule has 1 N–H and O–H groups in total. The van der Waals surface area contributed by atoms with Crippen molar-refractivity contribution in [1.82, 2.24) is 15.0 Å². The molecule has 0 spiro atoms. The molecule has 0 unspecified atom stereocenters. The molecule has 1 fully saturated rings. The van der Waals surface area contributed by atoms with Gasteiger partial charge in [0, 0.05) is 24.8 Å². The Morgan fingerprint density at radius 3 is 2.63 bits per heavy atom. The van der Waals surface area contributed by atoms with E-state index >= 15 is 0 Å². The van der Waals surface area contributed by atoms with Gasteiger partial charge in [-0.25, -0.2) is 18.4 Å². The lowest BCUT2D eigenvalue weighted by atomic mass is 10.0. The van der Waals surface area contributed by atoms with E-state index in [0.29, 0.717) is 29.2 Å². The quantitative estimate of drug-likeness (QED) is 0.776. The summed E-state index contributed by atoms with van der Waals surface area (Å²) in [6.45, 7) is 2.02. The van der Waals surface area contributed by atoms with Gasteiger partial charge >= 0.3 is 0 Å². The molecule has 2 aromatic rings. The molecule has 2 aliphatic rings. The molecule has 0 aromatic carbocycles. The summed E-state index contributed by atoms with van der Waals surface area (Å²) in [5, 5.41) is 0. The van der Waals surface area contributed by atoms with Crippen molar-refractivity contribution in [2.24, 2.45) is 0 Å². The van der Waals surface area contributed by atoms with E-state index in [1.165, 1.54) is 6.20 Å². The molecular weight excluding hydrogens is 404 g/mol. The van der Waals surface area contributed by atoms with Gasteiger partial charge in [0.2, 0.25) is 15.9 Å². The minimum atomic E-state index is -3.49. The minimum absolute atomic E-state index is 0.0524. The fourth-order valence-corrected chi connectivity index (χ4v) is 4.95. The Morgan fingerprint density at radius 1 is 1.23 bits per heavy atom. The Labute approximate surface area is 176 Å². The van der Waals surface area contributed by atoms with E-state index in [0.717, 1.165) is 37.8 Å². The zero-order valence-electron chi connectivity index (χ0n) is 17.4. The summed E-state index contributed by atoms with van der Waals surface area (Å²) >= 11 is 0. The third-order valence-corrected chi connectivity index (χ3v) is 6.36. The number of nitrogens with one attached hydrogen (secondary N) is 1. The van der Waals surface area contributed by atoms with Gasteiger partial charge in [-0.3, -0.25) is 14.5 Å². The first kappa shape index (κ1) is 20.5. The number of amides is 1. The number of carbonyl (C=O) groups excluding carboxylic acids is 1. The van der Waals surface area contributed by atoms with Crippen LogP contribution in [0.5, 0.6) is 0 Å². The van der Waals surface area contributed by atoms with Crippen LogP contribution in [0, 0.1) is 0 Å². The lowest BCUT2D eigenvalue weighted by Gasteiger charge is -2.43. The number of sulfonamides is 1. The van der Waals surface area contributed by atoms with Crippen molar-refractivity contribution < 1.29 is 13.2 Å².